The molecule has 0 saturated carbocycles. The molecule has 1 aliphatic heterocycles. The second-order valence-electron chi connectivity index (χ2n) is 6.42. The molecule has 3 rings (SSSR count). The van der Waals surface area contributed by atoms with E-state index in [-0.39, 0.29) is 17.2 Å². The van der Waals surface area contributed by atoms with E-state index in [4.69, 9.17) is 0 Å². The number of aryl methyl sites for hydroxylation is 1. The van der Waals surface area contributed by atoms with Gasteiger partial charge in [0.05, 0.1) is 4.92 Å². The Morgan fingerprint density at radius 1 is 1.15 bits per heavy atom. The van der Waals surface area contributed by atoms with E-state index in [0.29, 0.717) is 11.4 Å². The summed E-state index contributed by atoms with van der Waals surface area (Å²) >= 11 is 3.39. The van der Waals surface area contributed by atoms with Crippen molar-refractivity contribution in [2.75, 3.05) is 23.3 Å². The molecule has 0 aromatic heterocycles. The number of hydrogen-bond donors (Lipinski definition) is 1. The number of piperidine rings is 1. The lowest BCUT2D eigenvalue weighted by atomic mass is 10.1. The maximum atomic E-state index is 12.6. The molecule has 0 radical (unpaired) electrons. The lowest BCUT2D eigenvalue weighted by Crippen LogP contribution is -2.30. The smallest absolute Gasteiger partial charge is 0.293 e. The number of carbonyl (C=O) groups is 1. The van der Waals surface area contributed by atoms with Crippen molar-refractivity contribution >= 4 is 38.9 Å². The Kier molecular flexibility index (Phi) is 5.56. The molecule has 0 bridgehead atoms. The maximum absolute atomic E-state index is 12.6. The van der Waals surface area contributed by atoms with Gasteiger partial charge in [0.15, 0.2) is 0 Å². The summed E-state index contributed by atoms with van der Waals surface area (Å²) in [7, 11) is 0. The summed E-state index contributed by atoms with van der Waals surface area (Å²) < 4.78 is 0.925. The van der Waals surface area contributed by atoms with Crippen LogP contribution in [-0.4, -0.2) is 23.9 Å². The van der Waals surface area contributed by atoms with Crippen molar-refractivity contribution in [3.63, 3.8) is 0 Å². The molecule has 2 aromatic rings. The van der Waals surface area contributed by atoms with Gasteiger partial charge in [0.1, 0.15) is 5.69 Å². The van der Waals surface area contributed by atoms with Crippen LogP contribution in [-0.2, 0) is 0 Å². The second kappa shape index (κ2) is 7.86. The van der Waals surface area contributed by atoms with Crippen LogP contribution in [0, 0.1) is 17.0 Å². The Morgan fingerprint density at radius 3 is 2.54 bits per heavy atom. The monoisotopic (exact) mass is 417 g/mol. The Hall–Kier alpha value is -2.41. The molecule has 0 spiro atoms. The minimum Gasteiger partial charge on any atom is -0.366 e. The summed E-state index contributed by atoms with van der Waals surface area (Å²) in [6, 6.07) is 10.2. The number of carbonyl (C=O) groups excluding carboxylic acids is 1. The number of nitrogens with zero attached hydrogens (tertiary/aromatic N) is 2. The fourth-order valence-electron chi connectivity index (χ4n) is 3.17. The lowest BCUT2D eigenvalue weighted by Gasteiger charge is -2.28. The van der Waals surface area contributed by atoms with Crippen LogP contribution < -0.4 is 10.2 Å². The molecule has 136 valence electrons. The number of nitro benzene ring substituents is 1. The van der Waals surface area contributed by atoms with E-state index >= 15 is 0 Å². The molecule has 2 aromatic carbocycles. The minimum absolute atomic E-state index is 0.0212. The van der Waals surface area contributed by atoms with E-state index in [2.05, 4.69) is 21.2 Å². The third kappa shape index (κ3) is 4.04. The van der Waals surface area contributed by atoms with Gasteiger partial charge in [-0.15, -0.1) is 0 Å². The van der Waals surface area contributed by atoms with Crippen molar-refractivity contribution in [1.82, 2.24) is 0 Å². The maximum Gasteiger partial charge on any atom is 0.293 e. The molecular weight excluding hydrogens is 398 g/mol. The normalized spacial score (nSPS) is 14.2. The molecule has 7 heteroatoms. The topological polar surface area (TPSA) is 75.5 Å². The van der Waals surface area contributed by atoms with E-state index in [1.54, 1.807) is 18.2 Å². The molecule has 0 unspecified atom stereocenters. The molecule has 0 aliphatic carbocycles. The van der Waals surface area contributed by atoms with Gasteiger partial charge in [-0.2, -0.15) is 0 Å². The number of amides is 1. The standard InChI is InChI=1S/C19H20BrN3O3/c1-13-11-15(20)6-7-16(13)21-19(24)14-5-8-17(18(12-14)23(25)26)22-9-3-2-4-10-22/h5-8,11-12H,2-4,9-10H2,1H3,(H,21,24). The first-order valence-electron chi connectivity index (χ1n) is 8.56. The van der Waals surface area contributed by atoms with Crippen molar-refractivity contribution < 1.29 is 9.72 Å². The van der Waals surface area contributed by atoms with Gasteiger partial charge in [-0.05, 0) is 62.1 Å². The van der Waals surface area contributed by atoms with Gasteiger partial charge in [-0.3, -0.25) is 14.9 Å². The molecule has 1 fully saturated rings. The van der Waals surface area contributed by atoms with E-state index in [9.17, 15) is 14.9 Å². The third-order valence-corrected chi connectivity index (χ3v) is 5.06. The Balaban J connectivity index is 1.86. The summed E-state index contributed by atoms with van der Waals surface area (Å²) in [4.78, 5) is 25.7. The zero-order valence-corrected chi connectivity index (χ0v) is 16.1. The highest BCUT2D eigenvalue weighted by molar-refractivity contribution is 9.10. The summed E-state index contributed by atoms with van der Waals surface area (Å²) in [5, 5.41) is 14.4. The van der Waals surface area contributed by atoms with Gasteiger partial charge in [0.25, 0.3) is 11.6 Å². The van der Waals surface area contributed by atoms with Gasteiger partial charge in [0, 0.05) is 34.9 Å². The van der Waals surface area contributed by atoms with Gasteiger partial charge in [0.2, 0.25) is 0 Å². The van der Waals surface area contributed by atoms with E-state index in [1.807, 2.05) is 24.0 Å². The number of anilines is 2. The van der Waals surface area contributed by atoms with Crippen LogP contribution in [0.1, 0.15) is 35.2 Å². The average molecular weight is 418 g/mol. The van der Waals surface area contributed by atoms with Crippen molar-refractivity contribution in [3.8, 4) is 0 Å². The summed E-state index contributed by atoms with van der Waals surface area (Å²) in [5.74, 6) is -0.358. The van der Waals surface area contributed by atoms with Gasteiger partial charge < -0.3 is 10.2 Å². The number of rotatable bonds is 4. The largest absolute Gasteiger partial charge is 0.366 e. The van der Waals surface area contributed by atoms with Crippen LogP contribution in [0.25, 0.3) is 0 Å². The number of halogens is 1. The highest BCUT2D eigenvalue weighted by Crippen LogP contribution is 2.31. The Labute approximate surface area is 160 Å². The van der Waals surface area contributed by atoms with Gasteiger partial charge in [-0.1, -0.05) is 15.9 Å². The van der Waals surface area contributed by atoms with E-state index < -0.39 is 4.92 Å². The molecule has 26 heavy (non-hydrogen) atoms. The van der Waals surface area contributed by atoms with Crippen LogP contribution in [0.2, 0.25) is 0 Å². The third-order valence-electron chi connectivity index (χ3n) is 4.57. The molecule has 6 nitrogen and oxygen atoms in total. The summed E-state index contributed by atoms with van der Waals surface area (Å²) in [5.41, 5.74) is 2.44. The molecule has 0 atom stereocenters. The molecule has 1 aliphatic rings. The van der Waals surface area contributed by atoms with Crippen LogP contribution in [0.5, 0.6) is 0 Å². The average Bonchev–Trinajstić information content (AvgIpc) is 2.64. The first-order chi connectivity index (χ1) is 12.5. The number of nitro groups is 1. The number of benzene rings is 2. The Morgan fingerprint density at radius 2 is 1.88 bits per heavy atom. The number of hydrogen-bond acceptors (Lipinski definition) is 4. The predicted octanol–water partition coefficient (Wildman–Crippen LogP) is 4.91. The highest BCUT2D eigenvalue weighted by Gasteiger charge is 2.23. The molecule has 1 N–H and O–H groups in total. The molecule has 1 saturated heterocycles. The van der Waals surface area contributed by atoms with Crippen LogP contribution in [0.3, 0.4) is 0 Å². The van der Waals surface area contributed by atoms with Crippen LogP contribution in [0.15, 0.2) is 40.9 Å². The predicted molar refractivity (Wildman–Crippen MR) is 106 cm³/mol. The first-order valence-corrected chi connectivity index (χ1v) is 9.36. The van der Waals surface area contributed by atoms with Crippen molar-refractivity contribution in [3.05, 3.63) is 62.1 Å². The fourth-order valence-corrected chi connectivity index (χ4v) is 3.65. The SMILES string of the molecule is Cc1cc(Br)ccc1NC(=O)c1ccc(N2CCCCC2)c([N+](=O)[O-])c1. The van der Waals surface area contributed by atoms with Crippen molar-refractivity contribution in [2.45, 2.75) is 26.2 Å². The highest BCUT2D eigenvalue weighted by atomic mass is 79.9. The Bertz CT molecular complexity index is 848. The minimum atomic E-state index is -0.411. The van der Waals surface area contributed by atoms with Crippen molar-refractivity contribution in [2.24, 2.45) is 0 Å². The van der Waals surface area contributed by atoms with E-state index in [1.165, 1.54) is 6.07 Å². The molecular formula is C19H20BrN3O3. The zero-order valence-electron chi connectivity index (χ0n) is 14.5. The van der Waals surface area contributed by atoms with Crippen LogP contribution in [0.4, 0.5) is 17.1 Å². The van der Waals surface area contributed by atoms with Crippen molar-refractivity contribution in [1.29, 1.82) is 0 Å². The quantitative estimate of drug-likeness (QED) is 0.566. The summed E-state index contributed by atoms with van der Waals surface area (Å²) in [6.45, 7) is 3.51. The van der Waals surface area contributed by atoms with Gasteiger partial charge >= 0.3 is 0 Å². The van der Waals surface area contributed by atoms with E-state index in [0.717, 1.165) is 42.4 Å². The summed E-state index contributed by atoms with van der Waals surface area (Å²) in [6.07, 6.45) is 3.21. The van der Waals surface area contributed by atoms with Crippen LogP contribution >= 0.6 is 15.9 Å². The van der Waals surface area contributed by atoms with Gasteiger partial charge in [-0.25, -0.2) is 0 Å². The fraction of sp³-hybridized carbons (Fsp3) is 0.316. The molecule has 1 heterocycles. The second-order valence-corrected chi connectivity index (χ2v) is 7.34. The first kappa shape index (κ1) is 18.4. The molecule has 1 amide bonds. The lowest BCUT2D eigenvalue weighted by molar-refractivity contribution is -0.384. The number of nitrogens with one attached hydrogen (secondary N) is 1. The zero-order chi connectivity index (χ0) is 18.7.